The van der Waals surface area contributed by atoms with E-state index >= 15 is 0 Å². The Labute approximate surface area is 103 Å². The summed E-state index contributed by atoms with van der Waals surface area (Å²) in [5.74, 6) is -0.667. The quantitative estimate of drug-likeness (QED) is 0.832. The summed E-state index contributed by atoms with van der Waals surface area (Å²) in [6.45, 7) is -0.622. The van der Waals surface area contributed by atoms with E-state index < -0.39 is 18.5 Å². The van der Waals surface area contributed by atoms with E-state index in [0.717, 1.165) is 0 Å². The normalized spacial score (nSPS) is 12.1. The summed E-state index contributed by atoms with van der Waals surface area (Å²) in [7, 11) is 0. The maximum absolute atomic E-state index is 13.4. The van der Waals surface area contributed by atoms with Gasteiger partial charge in [-0.05, 0) is 18.6 Å². The van der Waals surface area contributed by atoms with E-state index in [9.17, 15) is 8.78 Å². The molecule has 1 aromatic rings. The van der Waals surface area contributed by atoms with Crippen LogP contribution in [0.3, 0.4) is 0 Å². The lowest BCUT2D eigenvalue weighted by Crippen LogP contribution is -2.13. The highest BCUT2D eigenvalue weighted by atomic mass is 35.5. The van der Waals surface area contributed by atoms with Crippen LogP contribution < -0.4 is 5.73 Å². The van der Waals surface area contributed by atoms with Gasteiger partial charge in [-0.15, -0.1) is 12.4 Å². The van der Waals surface area contributed by atoms with Gasteiger partial charge in [0.1, 0.15) is 5.82 Å². The molecule has 86 valence electrons. The van der Waals surface area contributed by atoms with Gasteiger partial charge in [-0.3, -0.25) is 4.39 Å². The Morgan fingerprint density at radius 3 is 2.33 bits per heavy atom. The highest BCUT2D eigenvalue weighted by molar-refractivity contribution is 6.33. The van der Waals surface area contributed by atoms with Crippen molar-refractivity contribution in [2.75, 3.05) is 6.67 Å². The Hall–Kier alpha value is -0.0900. The van der Waals surface area contributed by atoms with Crippen LogP contribution in [0, 0.1) is 5.82 Å². The van der Waals surface area contributed by atoms with Crippen molar-refractivity contribution in [1.82, 2.24) is 0 Å². The summed E-state index contributed by atoms with van der Waals surface area (Å²) in [5, 5.41) is 0.117. The van der Waals surface area contributed by atoms with Crippen LogP contribution in [0.5, 0.6) is 0 Å². The molecule has 0 saturated heterocycles. The van der Waals surface area contributed by atoms with Crippen molar-refractivity contribution in [2.24, 2.45) is 5.73 Å². The van der Waals surface area contributed by atoms with Crippen molar-refractivity contribution in [1.29, 1.82) is 0 Å². The lowest BCUT2D eigenvalue weighted by Gasteiger charge is -2.13. The molecule has 1 rings (SSSR count). The largest absolute Gasteiger partial charge is 0.324 e. The van der Waals surface area contributed by atoms with Crippen LogP contribution in [0.2, 0.25) is 10.0 Å². The number of benzene rings is 1. The van der Waals surface area contributed by atoms with Crippen molar-refractivity contribution in [2.45, 2.75) is 12.5 Å². The molecule has 0 amide bonds. The lowest BCUT2D eigenvalue weighted by atomic mass is 10.0. The number of hydrogen-bond donors (Lipinski definition) is 1. The molecule has 0 aliphatic carbocycles. The first kappa shape index (κ1) is 14.9. The Kier molecular flexibility index (Phi) is 6.44. The fourth-order valence-corrected chi connectivity index (χ4v) is 1.60. The Morgan fingerprint density at radius 1 is 1.27 bits per heavy atom. The average Bonchev–Trinajstić information content (AvgIpc) is 2.13. The van der Waals surface area contributed by atoms with Crippen molar-refractivity contribution in [3.05, 3.63) is 33.6 Å². The maximum atomic E-state index is 13.4. The molecule has 0 heterocycles. The maximum Gasteiger partial charge on any atom is 0.148 e. The molecule has 1 nitrogen and oxygen atoms in total. The number of halogens is 5. The van der Waals surface area contributed by atoms with Crippen molar-refractivity contribution >= 4 is 35.6 Å². The van der Waals surface area contributed by atoms with Crippen molar-refractivity contribution in [3.63, 3.8) is 0 Å². The monoisotopic (exact) mass is 275 g/mol. The molecule has 1 atom stereocenters. The van der Waals surface area contributed by atoms with Crippen LogP contribution in [-0.4, -0.2) is 6.67 Å². The minimum atomic E-state index is -0.758. The average molecular weight is 277 g/mol. The molecule has 6 heteroatoms. The highest BCUT2D eigenvalue weighted by Gasteiger charge is 2.17. The SMILES string of the molecule is Cl.N[C@H](CCF)c1c(Cl)ccc(Cl)c1F. The van der Waals surface area contributed by atoms with E-state index in [4.69, 9.17) is 28.9 Å². The second-order valence-electron chi connectivity index (χ2n) is 2.84. The fourth-order valence-electron chi connectivity index (χ4n) is 1.14. The summed E-state index contributed by atoms with van der Waals surface area (Å²) in [4.78, 5) is 0. The topological polar surface area (TPSA) is 26.0 Å². The van der Waals surface area contributed by atoms with Crippen LogP contribution in [0.1, 0.15) is 18.0 Å². The third-order valence-electron chi connectivity index (χ3n) is 1.87. The molecule has 0 aliphatic rings. The van der Waals surface area contributed by atoms with Gasteiger partial charge in [-0.1, -0.05) is 23.2 Å². The standard InChI is InChI=1S/C9H9Cl2F2N.ClH/c10-5-1-2-6(11)9(13)8(5)7(14)3-4-12;/h1-2,7H,3-4,14H2;1H/t7-;/m1./s1. The van der Waals surface area contributed by atoms with Gasteiger partial charge >= 0.3 is 0 Å². The highest BCUT2D eigenvalue weighted by Crippen LogP contribution is 2.30. The zero-order chi connectivity index (χ0) is 10.7. The molecule has 0 spiro atoms. The smallest absolute Gasteiger partial charge is 0.148 e. The first-order chi connectivity index (χ1) is 6.57. The zero-order valence-corrected chi connectivity index (χ0v) is 9.97. The second kappa shape index (κ2) is 6.48. The zero-order valence-electron chi connectivity index (χ0n) is 7.64. The first-order valence-corrected chi connectivity index (χ1v) is 4.78. The number of hydrogen-bond acceptors (Lipinski definition) is 1. The Balaban J connectivity index is 0.00000196. The van der Waals surface area contributed by atoms with Crippen LogP contribution >= 0.6 is 35.6 Å². The van der Waals surface area contributed by atoms with Crippen LogP contribution in [-0.2, 0) is 0 Å². The molecule has 0 aromatic heterocycles. The van der Waals surface area contributed by atoms with Crippen LogP contribution in [0.15, 0.2) is 12.1 Å². The minimum absolute atomic E-state index is 0. The van der Waals surface area contributed by atoms with Gasteiger partial charge in [-0.2, -0.15) is 0 Å². The molecule has 0 fully saturated rings. The molecule has 0 unspecified atom stereocenters. The summed E-state index contributed by atoms with van der Waals surface area (Å²) in [6.07, 6.45) is 0.0248. The molecule has 0 saturated carbocycles. The molecule has 0 aliphatic heterocycles. The van der Waals surface area contributed by atoms with E-state index in [1.54, 1.807) is 0 Å². The van der Waals surface area contributed by atoms with Gasteiger partial charge in [0.15, 0.2) is 0 Å². The molecular weight excluding hydrogens is 266 g/mol. The Morgan fingerprint density at radius 2 is 1.80 bits per heavy atom. The fraction of sp³-hybridized carbons (Fsp3) is 0.333. The molecule has 15 heavy (non-hydrogen) atoms. The molecular formula is C9H10Cl3F2N. The summed E-state index contributed by atoms with van der Waals surface area (Å²) >= 11 is 11.3. The van der Waals surface area contributed by atoms with Crippen molar-refractivity contribution in [3.8, 4) is 0 Å². The van der Waals surface area contributed by atoms with Gasteiger partial charge in [0.2, 0.25) is 0 Å². The van der Waals surface area contributed by atoms with Gasteiger partial charge < -0.3 is 5.73 Å². The summed E-state index contributed by atoms with van der Waals surface area (Å²) in [5.41, 5.74) is 5.63. The first-order valence-electron chi connectivity index (χ1n) is 4.03. The van der Waals surface area contributed by atoms with Gasteiger partial charge in [0.05, 0.1) is 11.7 Å². The molecule has 0 radical (unpaired) electrons. The predicted molar refractivity (Wildman–Crippen MR) is 61.2 cm³/mol. The summed E-state index contributed by atoms with van der Waals surface area (Å²) in [6, 6.07) is 2.02. The molecule has 1 aromatic carbocycles. The van der Waals surface area contributed by atoms with Crippen molar-refractivity contribution < 1.29 is 8.78 Å². The van der Waals surface area contributed by atoms with Gasteiger partial charge in [-0.25, -0.2) is 4.39 Å². The predicted octanol–water partition coefficient (Wildman–Crippen LogP) is 3.91. The third kappa shape index (κ3) is 3.45. The number of nitrogens with two attached hydrogens (primary N) is 1. The van der Waals surface area contributed by atoms with E-state index in [-0.39, 0.29) is 34.4 Å². The second-order valence-corrected chi connectivity index (χ2v) is 3.66. The third-order valence-corrected chi connectivity index (χ3v) is 2.49. The van der Waals surface area contributed by atoms with E-state index in [0.29, 0.717) is 0 Å². The van der Waals surface area contributed by atoms with E-state index in [1.165, 1.54) is 12.1 Å². The van der Waals surface area contributed by atoms with Crippen LogP contribution in [0.25, 0.3) is 0 Å². The minimum Gasteiger partial charge on any atom is -0.324 e. The molecule has 2 N–H and O–H groups in total. The summed E-state index contributed by atoms with van der Waals surface area (Å²) < 4.78 is 25.4. The lowest BCUT2D eigenvalue weighted by molar-refractivity contribution is 0.435. The Bertz CT molecular complexity index is 333. The number of alkyl halides is 1. The van der Waals surface area contributed by atoms with E-state index in [1.807, 2.05) is 0 Å². The van der Waals surface area contributed by atoms with Gasteiger partial charge in [0, 0.05) is 16.6 Å². The van der Waals surface area contributed by atoms with Gasteiger partial charge in [0.25, 0.3) is 0 Å². The van der Waals surface area contributed by atoms with Crippen LogP contribution in [0.4, 0.5) is 8.78 Å². The molecule has 0 bridgehead atoms. The number of rotatable bonds is 3. The van der Waals surface area contributed by atoms with E-state index in [2.05, 4.69) is 0 Å².